The molecule has 1 aromatic rings. The van der Waals surface area contributed by atoms with Gasteiger partial charge in [-0.15, -0.1) is 0 Å². The fourth-order valence-corrected chi connectivity index (χ4v) is 1.57. The second-order valence-electron chi connectivity index (χ2n) is 3.70. The zero-order chi connectivity index (χ0) is 11.7. The van der Waals surface area contributed by atoms with E-state index in [1.807, 2.05) is 0 Å². The number of urea groups is 1. The number of hydrogen-bond acceptors (Lipinski definition) is 3. The minimum atomic E-state index is -0.622. The van der Waals surface area contributed by atoms with Crippen LogP contribution < -0.4 is 10.4 Å². The molecule has 1 aromatic carbocycles. The Morgan fingerprint density at radius 2 is 2.31 bits per heavy atom. The lowest BCUT2D eigenvalue weighted by atomic mass is 10.2. The van der Waals surface area contributed by atoms with Crippen molar-refractivity contribution in [1.82, 2.24) is 10.5 Å². The van der Waals surface area contributed by atoms with Crippen LogP contribution in [0.2, 0.25) is 0 Å². The zero-order valence-electron chi connectivity index (χ0n) is 8.72. The molecule has 0 bridgehead atoms. The van der Waals surface area contributed by atoms with E-state index in [-0.39, 0.29) is 11.9 Å². The third-order valence-electron chi connectivity index (χ3n) is 2.42. The third-order valence-corrected chi connectivity index (χ3v) is 2.42. The summed E-state index contributed by atoms with van der Waals surface area (Å²) in [5.74, 6) is -0.370. The Morgan fingerprint density at radius 3 is 2.94 bits per heavy atom. The van der Waals surface area contributed by atoms with Crippen molar-refractivity contribution in [3.8, 4) is 0 Å². The second kappa shape index (κ2) is 3.97. The highest BCUT2D eigenvalue weighted by Gasteiger charge is 2.28. The fourth-order valence-electron chi connectivity index (χ4n) is 1.57. The molecule has 1 aliphatic heterocycles. The lowest BCUT2D eigenvalue weighted by Gasteiger charge is -2.37. The Morgan fingerprint density at radius 1 is 1.56 bits per heavy atom. The smallest absolute Gasteiger partial charge is 0.284 e. The molecule has 2 amide bonds. The molecule has 0 radical (unpaired) electrons. The van der Waals surface area contributed by atoms with Crippen LogP contribution in [0.5, 0.6) is 0 Å². The predicted molar refractivity (Wildman–Crippen MR) is 55.4 cm³/mol. The largest absolute Gasteiger partial charge is 0.360 e. The number of carbonyl (C=O) groups excluding carboxylic acids is 1. The Labute approximate surface area is 92.0 Å². The molecule has 16 heavy (non-hydrogen) atoms. The average Bonchev–Trinajstić information content (AvgIpc) is 2.25. The van der Waals surface area contributed by atoms with Gasteiger partial charge in [-0.25, -0.2) is 19.7 Å². The van der Waals surface area contributed by atoms with Crippen molar-refractivity contribution in [3.63, 3.8) is 0 Å². The number of amides is 2. The van der Waals surface area contributed by atoms with Gasteiger partial charge in [0.2, 0.25) is 0 Å². The van der Waals surface area contributed by atoms with Crippen LogP contribution in [-0.2, 0) is 0 Å². The Bertz CT molecular complexity index is 413. The second-order valence-corrected chi connectivity index (χ2v) is 3.70. The third kappa shape index (κ3) is 1.92. The lowest BCUT2D eigenvalue weighted by Crippen LogP contribution is -2.60. The van der Waals surface area contributed by atoms with Crippen molar-refractivity contribution in [2.24, 2.45) is 0 Å². The summed E-state index contributed by atoms with van der Waals surface area (Å²) in [6.07, 6.45) is 0. The molecule has 1 aliphatic rings. The van der Waals surface area contributed by atoms with Crippen molar-refractivity contribution >= 4 is 11.7 Å². The summed E-state index contributed by atoms with van der Waals surface area (Å²) >= 11 is 0. The molecule has 1 atom stereocenters. The number of carbonyl (C=O) groups is 1. The number of halogens is 1. The van der Waals surface area contributed by atoms with E-state index in [1.54, 1.807) is 19.1 Å². The Hall–Kier alpha value is -1.82. The van der Waals surface area contributed by atoms with Crippen LogP contribution in [0, 0.1) is 5.82 Å². The van der Waals surface area contributed by atoms with Gasteiger partial charge in [-0.2, -0.15) is 0 Å². The molecule has 0 spiro atoms. The highest BCUT2D eigenvalue weighted by molar-refractivity contribution is 5.76. The van der Waals surface area contributed by atoms with E-state index in [1.165, 1.54) is 17.1 Å². The summed E-state index contributed by atoms with van der Waals surface area (Å²) in [5.41, 5.74) is 2.99. The van der Waals surface area contributed by atoms with Crippen LogP contribution in [0.15, 0.2) is 24.3 Å². The quantitative estimate of drug-likeness (QED) is 0.709. The molecule has 1 unspecified atom stereocenters. The van der Waals surface area contributed by atoms with Gasteiger partial charge < -0.3 is 0 Å². The molecule has 1 saturated heterocycles. The van der Waals surface area contributed by atoms with E-state index in [0.29, 0.717) is 17.3 Å². The summed E-state index contributed by atoms with van der Waals surface area (Å²) in [5, 5.41) is 11.4. The Balaban J connectivity index is 2.20. The molecule has 1 fully saturated rings. The number of hydrogen-bond donors (Lipinski definition) is 2. The van der Waals surface area contributed by atoms with Crippen LogP contribution in [0.4, 0.5) is 14.9 Å². The first kappa shape index (κ1) is 10.7. The van der Waals surface area contributed by atoms with Gasteiger partial charge in [-0.3, -0.25) is 10.2 Å². The molecule has 5 nitrogen and oxygen atoms in total. The predicted octanol–water partition coefficient (Wildman–Crippen LogP) is 1.35. The normalized spacial score (nSPS) is 20.9. The summed E-state index contributed by atoms with van der Waals surface area (Å²) in [7, 11) is 0. The van der Waals surface area contributed by atoms with E-state index in [9.17, 15) is 14.4 Å². The first-order chi connectivity index (χ1) is 7.58. The van der Waals surface area contributed by atoms with Gasteiger partial charge in [0.15, 0.2) is 0 Å². The molecule has 0 aliphatic carbocycles. The van der Waals surface area contributed by atoms with Gasteiger partial charge in [-0.1, -0.05) is 6.07 Å². The van der Waals surface area contributed by atoms with Crippen LogP contribution in [0.25, 0.3) is 0 Å². The summed E-state index contributed by atoms with van der Waals surface area (Å²) in [6, 6.07) is 4.92. The lowest BCUT2D eigenvalue weighted by molar-refractivity contribution is -0.0795. The van der Waals surface area contributed by atoms with Gasteiger partial charge in [0.05, 0.1) is 18.3 Å². The van der Waals surface area contributed by atoms with E-state index in [4.69, 9.17) is 0 Å². The summed E-state index contributed by atoms with van der Waals surface area (Å²) in [4.78, 5) is 11.3. The zero-order valence-corrected chi connectivity index (χ0v) is 8.72. The van der Waals surface area contributed by atoms with E-state index in [2.05, 4.69) is 5.43 Å². The fraction of sp³-hybridized carbons (Fsp3) is 0.300. The van der Waals surface area contributed by atoms with Gasteiger partial charge in [-0.05, 0) is 25.1 Å². The highest BCUT2D eigenvalue weighted by Crippen LogP contribution is 2.17. The Kier molecular flexibility index (Phi) is 2.66. The van der Waals surface area contributed by atoms with Crippen LogP contribution in [0.1, 0.15) is 6.92 Å². The molecular weight excluding hydrogens is 213 g/mol. The van der Waals surface area contributed by atoms with Crippen LogP contribution in [-0.4, -0.2) is 28.9 Å². The molecule has 86 valence electrons. The first-order valence-electron chi connectivity index (χ1n) is 4.90. The van der Waals surface area contributed by atoms with Crippen molar-refractivity contribution in [3.05, 3.63) is 30.1 Å². The van der Waals surface area contributed by atoms with Crippen LogP contribution in [0.3, 0.4) is 0 Å². The number of anilines is 1. The minimum Gasteiger partial charge on any atom is -0.284 e. The number of hydrazine groups is 1. The molecular formula is C10H12FN3O2. The maximum absolute atomic E-state index is 13.0. The van der Waals surface area contributed by atoms with Gasteiger partial charge in [0.1, 0.15) is 5.82 Å². The number of hydroxylamine groups is 2. The average molecular weight is 225 g/mol. The number of rotatable bonds is 1. The number of nitrogens with zero attached hydrogens (tertiary/aromatic N) is 2. The SMILES string of the molecule is CC1CN(c2cccc(F)c2)NC(=O)N1O. The van der Waals surface area contributed by atoms with E-state index >= 15 is 0 Å². The molecule has 1 heterocycles. The minimum absolute atomic E-state index is 0.350. The maximum atomic E-state index is 13.0. The standard InChI is InChI=1S/C10H12FN3O2/c1-7-6-13(12-10(15)14(7)16)9-4-2-3-8(11)5-9/h2-5,7,16H,6H2,1H3,(H,12,15). The van der Waals surface area contributed by atoms with Gasteiger partial charge in [0, 0.05) is 0 Å². The van der Waals surface area contributed by atoms with Crippen molar-refractivity contribution in [2.75, 3.05) is 11.6 Å². The maximum Gasteiger partial charge on any atom is 0.360 e. The van der Waals surface area contributed by atoms with E-state index in [0.717, 1.165) is 0 Å². The van der Waals surface area contributed by atoms with Crippen molar-refractivity contribution < 1.29 is 14.4 Å². The first-order valence-corrected chi connectivity index (χ1v) is 4.90. The van der Waals surface area contributed by atoms with Crippen molar-refractivity contribution in [1.29, 1.82) is 0 Å². The molecule has 2 rings (SSSR count). The van der Waals surface area contributed by atoms with E-state index < -0.39 is 6.03 Å². The number of nitrogens with one attached hydrogen (secondary N) is 1. The van der Waals surface area contributed by atoms with Crippen LogP contribution >= 0.6 is 0 Å². The topological polar surface area (TPSA) is 55.8 Å². The monoisotopic (exact) mass is 225 g/mol. The molecule has 6 heteroatoms. The molecule has 2 N–H and O–H groups in total. The number of benzene rings is 1. The van der Waals surface area contributed by atoms with Crippen molar-refractivity contribution in [2.45, 2.75) is 13.0 Å². The van der Waals surface area contributed by atoms with Gasteiger partial charge in [0.25, 0.3) is 0 Å². The molecule has 0 aromatic heterocycles. The van der Waals surface area contributed by atoms with Gasteiger partial charge >= 0.3 is 6.03 Å². The highest BCUT2D eigenvalue weighted by atomic mass is 19.1. The summed E-state index contributed by atoms with van der Waals surface area (Å²) in [6.45, 7) is 2.08. The summed E-state index contributed by atoms with van der Waals surface area (Å²) < 4.78 is 13.0. The molecule has 0 saturated carbocycles.